The average Bonchev–Trinajstić information content (AvgIpc) is 2.58. The summed E-state index contributed by atoms with van der Waals surface area (Å²) in [5.41, 5.74) is 1.32. The zero-order valence-corrected chi connectivity index (χ0v) is 13.2. The molecule has 0 bridgehead atoms. The summed E-state index contributed by atoms with van der Waals surface area (Å²) >= 11 is 0. The summed E-state index contributed by atoms with van der Waals surface area (Å²) in [5.74, 6) is 1.13. The van der Waals surface area contributed by atoms with Crippen LogP contribution in [0.15, 0.2) is 30.3 Å². The summed E-state index contributed by atoms with van der Waals surface area (Å²) in [5, 5.41) is 5.45. The minimum absolute atomic E-state index is 0.0820. The molecule has 1 saturated carbocycles. The molecule has 3 nitrogen and oxygen atoms in total. The molecular weight excluding hydrogens is 279 g/mol. The van der Waals surface area contributed by atoms with Crippen LogP contribution in [0.3, 0.4) is 0 Å². The van der Waals surface area contributed by atoms with Gasteiger partial charge in [0.15, 0.2) is 0 Å². The minimum Gasteiger partial charge on any atom is -0.338 e. The van der Waals surface area contributed by atoms with Gasteiger partial charge in [0.25, 0.3) is 0 Å². The van der Waals surface area contributed by atoms with Gasteiger partial charge in [0.05, 0.1) is 0 Å². The number of hydrogen-bond acceptors (Lipinski definition) is 1. The van der Waals surface area contributed by atoms with Gasteiger partial charge in [-0.3, -0.25) is 0 Å². The zero-order valence-electron chi connectivity index (χ0n) is 13.2. The molecule has 0 aromatic heterocycles. The van der Waals surface area contributed by atoms with Crippen molar-refractivity contribution in [1.82, 2.24) is 10.6 Å². The first kappa shape index (κ1) is 16.8. The number of rotatable bonds is 7. The molecule has 22 heavy (non-hydrogen) atoms. The monoisotopic (exact) mass is 306 g/mol. The molecule has 1 aliphatic rings. The molecule has 1 atom stereocenters. The molecule has 122 valence electrons. The Morgan fingerprint density at radius 1 is 1.14 bits per heavy atom. The van der Waals surface area contributed by atoms with Crippen LogP contribution in [0.1, 0.15) is 37.7 Å². The van der Waals surface area contributed by atoms with Crippen LogP contribution < -0.4 is 10.6 Å². The predicted octanol–water partition coefficient (Wildman–Crippen LogP) is 3.69. The molecule has 2 amide bonds. The van der Waals surface area contributed by atoms with Gasteiger partial charge in [-0.05, 0) is 23.8 Å². The number of benzene rings is 1. The Kier molecular flexibility index (Phi) is 7.20. The van der Waals surface area contributed by atoms with Crippen LogP contribution in [0, 0.1) is 11.8 Å². The Hall–Kier alpha value is -1.58. The quantitative estimate of drug-likeness (QED) is 0.792. The van der Waals surface area contributed by atoms with Crippen molar-refractivity contribution in [3.05, 3.63) is 35.9 Å². The fraction of sp³-hybridized carbons (Fsp3) is 0.611. The largest absolute Gasteiger partial charge is 0.338 e. The van der Waals surface area contributed by atoms with Crippen molar-refractivity contribution in [3.63, 3.8) is 0 Å². The van der Waals surface area contributed by atoms with Gasteiger partial charge < -0.3 is 10.6 Å². The van der Waals surface area contributed by atoms with E-state index in [0.29, 0.717) is 18.4 Å². The fourth-order valence-electron chi connectivity index (χ4n) is 3.37. The van der Waals surface area contributed by atoms with Crippen molar-refractivity contribution in [2.24, 2.45) is 11.8 Å². The zero-order chi connectivity index (χ0) is 15.6. The highest BCUT2D eigenvalue weighted by atomic mass is 19.1. The Balaban J connectivity index is 1.90. The maximum atomic E-state index is 12.1. The third-order valence-electron chi connectivity index (χ3n) is 4.56. The second kappa shape index (κ2) is 9.44. The van der Waals surface area contributed by atoms with Crippen molar-refractivity contribution in [1.29, 1.82) is 0 Å². The Morgan fingerprint density at radius 3 is 2.55 bits per heavy atom. The molecule has 2 N–H and O–H groups in total. The summed E-state index contributed by atoms with van der Waals surface area (Å²) < 4.78 is 12.1. The predicted molar refractivity (Wildman–Crippen MR) is 87.6 cm³/mol. The molecule has 1 aromatic carbocycles. The highest BCUT2D eigenvalue weighted by Crippen LogP contribution is 2.31. The van der Waals surface area contributed by atoms with Gasteiger partial charge in [-0.2, -0.15) is 0 Å². The molecule has 0 heterocycles. The molecule has 0 aliphatic heterocycles. The third kappa shape index (κ3) is 5.66. The minimum atomic E-state index is -0.524. The SMILES string of the molecule is O=C(NCCF)NCC(Cc1ccccc1)C1CCCCC1. The number of urea groups is 1. The van der Waals surface area contributed by atoms with E-state index in [1.165, 1.54) is 37.7 Å². The van der Waals surface area contributed by atoms with E-state index in [-0.39, 0.29) is 12.6 Å². The molecule has 0 radical (unpaired) electrons. The number of halogens is 1. The van der Waals surface area contributed by atoms with Crippen LogP contribution >= 0.6 is 0 Å². The maximum absolute atomic E-state index is 12.1. The van der Waals surface area contributed by atoms with Gasteiger partial charge >= 0.3 is 6.03 Å². The van der Waals surface area contributed by atoms with Crippen molar-refractivity contribution in [2.45, 2.75) is 38.5 Å². The van der Waals surface area contributed by atoms with E-state index >= 15 is 0 Å². The molecule has 1 aromatic rings. The van der Waals surface area contributed by atoms with Gasteiger partial charge in [-0.25, -0.2) is 9.18 Å². The van der Waals surface area contributed by atoms with Crippen LogP contribution in [0.5, 0.6) is 0 Å². The van der Waals surface area contributed by atoms with Crippen LogP contribution in [0.25, 0.3) is 0 Å². The molecule has 1 fully saturated rings. The summed E-state index contributed by atoms with van der Waals surface area (Å²) in [7, 11) is 0. The lowest BCUT2D eigenvalue weighted by Crippen LogP contribution is -2.41. The van der Waals surface area contributed by atoms with Crippen LogP contribution in [0.2, 0.25) is 0 Å². The highest BCUT2D eigenvalue weighted by molar-refractivity contribution is 5.73. The van der Waals surface area contributed by atoms with E-state index < -0.39 is 6.67 Å². The van der Waals surface area contributed by atoms with E-state index in [4.69, 9.17) is 0 Å². The molecule has 4 heteroatoms. The summed E-state index contributed by atoms with van der Waals surface area (Å²) in [6.07, 6.45) is 7.43. The maximum Gasteiger partial charge on any atom is 0.314 e. The summed E-state index contributed by atoms with van der Waals surface area (Å²) in [6.45, 7) is 0.222. The van der Waals surface area contributed by atoms with Gasteiger partial charge in [0.2, 0.25) is 0 Å². The smallest absolute Gasteiger partial charge is 0.314 e. The number of hydrogen-bond donors (Lipinski definition) is 2. The first-order chi connectivity index (χ1) is 10.8. The standard InChI is InChI=1S/C18H27FN2O/c19-11-12-20-18(22)21-14-17(16-9-5-2-6-10-16)13-15-7-3-1-4-8-15/h1,3-4,7-8,16-17H,2,5-6,9-14H2,(H2,20,21,22). The van der Waals surface area contributed by atoms with Crippen molar-refractivity contribution in [3.8, 4) is 0 Å². The van der Waals surface area contributed by atoms with Gasteiger partial charge in [-0.15, -0.1) is 0 Å². The van der Waals surface area contributed by atoms with Crippen molar-refractivity contribution >= 4 is 6.03 Å². The van der Waals surface area contributed by atoms with Gasteiger partial charge in [0.1, 0.15) is 6.67 Å². The first-order valence-corrected chi connectivity index (χ1v) is 8.41. The Labute approximate surface area is 132 Å². The first-order valence-electron chi connectivity index (χ1n) is 8.41. The lowest BCUT2D eigenvalue weighted by Gasteiger charge is -2.30. The number of carbonyl (C=O) groups is 1. The Bertz CT molecular complexity index is 432. The summed E-state index contributed by atoms with van der Waals surface area (Å²) in [4.78, 5) is 11.7. The molecule has 2 rings (SSSR count). The number of amides is 2. The number of carbonyl (C=O) groups excluding carboxylic acids is 1. The lowest BCUT2D eigenvalue weighted by atomic mass is 9.77. The average molecular weight is 306 g/mol. The molecule has 1 aliphatic carbocycles. The van der Waals surface area contributed by atoms with Gasteiger partial charge in [0, 0.05) is 13.1 Å². The summed E-state index contributed by atoms with van der Waals surface area (Å²) in [6, 6.07) is 10.2. The fourth-order valence-corrected chi connectivity index (χ4v) is 3.37. The highest BCUT2D eigenvalue weighted by Gasteiger charge is 2.24. The second-order valence-corrected chi connectivity index (χ2v) is 6.17. The normalized spacial score (nSPS) is 17.0. The lowest BCUT2D eigenvalue weighted by molar-refractivity contribution is 0.221. The van der Waals surface area contributed by atoms with Gasteiger partial charge in [-0.1, -0.05) is 62.4 Å². The molecule has 0 saturated heterocycles. The van der Waals surface area contributed by atoms with Crippen LogP contribution in [-0.4, -0.2) is 25.8 Å². The topological polar surface area (TPSA) is 41.1 Å². The molecule has 0 spiro atoms. The van der Waals surface area contributed by atoms with E-state index in [9.17, 15) is 9.18 Å². The molecular formula is C18H27FN2O. The van der Waals surface area contributed by atoms with Crippen molar-refractivity contribution in [2.75, 3.05) is 19.8 Å². The van der Waals surface area contributed by atoms with E-state index in [2.05, 4.69) is 34.9 Å². The van der Waals surface area contributed by atoms with Crippen LogP contribution in [0.4, 0.5) is 9.18 Å². The second-order valence-electron chi connectivity index (χ2n) is 6.17. The number of alkyl halides is 1. The molecule has 1 unspecified atom stereocenters. The van der Waals surface area contributed by atoms with E-state index in [0.717, 1.165) is 6.42 Å². The third-order valence-corrected chi connectivity index (χ3v) is 4.56. The van der Waals surface area contributed by atoms with Crippen molar-refractivity contribution < 1.29 is 9.18 Å². The van der Waals surface area contributed by atoms with Crippen LogP contribution in [-0.2, 0) is 6.42 Å². The number of nitrogens with one attached hydrogen (secondary N) is 2. The Morgan fingerprint density at radius 2 is 1.86 bits per heavy atom. The van der Waals surface area contributed by atoms with E-state index in [1.54, 1.807) is 0 Å². The van der Waals surface area contributed by atoms with E-state index in [1.807, 2.05) is 6.07 Å².